The Morgan fingerprint density at radius 3 is 2.49 bits per heavy atom. The van der Waals surface area contributed by atoms with E-state index >= 15 is 0 Å². The van der Waals surface area contributed by atoms with Crippen molar-refractivity contribution in [3.8, 4) is 17.6 Å². The number of hydrogen-bond donors (Lipinski definition) is 4. The number of ether oxygens (including phenoxy) is 2. The van der Waals surface area contributed by atoms with Crippen LogP contribution in [-0.2, 0) is 9.53 Å². The second-order valence-corrected chi connectivity index (χ2v) is 9.01. The Kier molecular flexibility index (Phi) is 10.3. The summed E-state index contributed by atoms with van der Waals surface area (Å²) in [6, 6.07) is 22.2. The van der Waals surface area contributed by atoms with Gasteiger partial charge in [-0.2, -0.15) is 5.26 Å². The highest BCUT2D eigenvalue weighted by molar-refractivity contribution is 14.1. The van der Waals surface area contributed by atoms with Crippen LogP contribution in [0.4, 0.5) is 10.5 Å². The number of rotatable bonds is 10. The van der Waals surface area contributed by atoms with E-state index < -0.39 is 24.2 Å². The minimum Gasteiger partial charge on any atom is -0.508 e. The largest absolute Gasteiger partial charge is 0.508 e. The van der Waals surface area contributed by atoms with Crippen molar-refractivity contribution >= 4 is 40.3 Å². The van der Waals surface area contributed by atoms with Crippen LogP contribution < -0.4 is 15.5 Å². The molecule has 0 aliphatic carbocycles. The number of nitrogens with zero attached hydrogens (tertiary/aromatic N) is 1. The number of nitrogens with one attached hydrogen (secondary N) is 2. The molecule has 2 amide bonds. The summed E-state index contributed by atoms with van der Waals surface area (Å²) in [6.45, 7) is 0. The predicted octanol–water partition coefficient (Wildman–Crippen LogP) is 5.45. The van der Waals surface area contributed by atoms with E-state index in [2.05, 4.69) is 27.9 Å². The van der Waals surface area contributed by atoms with Gasteiger partial charge in [0.25, 0.3) is 5.91 Å². The first-order chi connectivity index (χ1) is 17.9. The number of carbonyl (C=O) groups is 2. The highest BCUT2D eigenvalue weighted by atomic mass is 127. The van der Waals surface area contributed by atoms with Crippen molar-refractivity contribution in [3.63, 3.8) is 0 Å². The lowest BCUT2D eigenvalue weighted by molar-refractivity contribution is -0.124. The predicted molar refractivity (Wildman–Crippen MR) is 144 cm³/mol. The molecule has 0 unspecified atom stereocenters. The molecule has 3 aromatic rings. The van der Waals surface area contributed by atoms with Gasteiger partial charge in [0, 0.05) is 20.9 Å². The van der Waals surface area contributed by atoms with E-state index in [4.69, 9.17) is 19.9 Å². The van der Waals surface area contributed by atoms with Gasteiger partial charge in [0.1, 0.15) is 17.6 Å². The number of hydrogen-bond acceptors (Lipinski definition) is 7. The summed E-state index contributed by atoms with van der Waals surface area (Å²) < 4.78 is 12.8. The molecule has 0 aliphatic heterocycles. The zero-order valence-corrected chi connectivity index (χ0v) is 21.7. The van der Waals surface area contributed by atoms with E-state index in [0.717, 1.165) is 3.57 Å². The highest BCUT2D eigenvalue weighted by Gasteiger charge is 2.31. The summed E-state index contributed by atoms with van der Waals surface area (Å²) in [4.78, 5) is 24.3. The van der Waals surface area contributed by atoms with Crippen molar-refractivity contribution < 1.29 is 29.4 Å². The van der Waals surface area contributed by atoms with Crippen LogP contribution in [0, 0.1) is 14.9 Å². The molecular weight excluding hydrogens is 589 g/mol. The molecule has 0 bridgehead atoms. The maximum Gasteiger partial charge on any atom is 0.412 e. The number of nitriles is 1. The van der Waals surface area contributed by atoms with Crippen LogP contribution in [0.5, 0.6) is 11.5 Å². The number of para-hydroxylation sites is 1. The van der Waals surface area contributed by atoms with Gasteiger partial charge in [-0.3, -0.25) is 15.3 Å². The summed E-state index contributed by atoms with van der Waals surface area (Å²) >= 11 is 2.09. The molecule has 9 nitrogen and oxygen atoms in total. The molecule has 0 heterocycles. The van der Waals surface area contributed by atoms with Gasteiger partial charge >= 0.3 is 6.09 Å². The van der Waals surface area contributed by atoms with Gasteiger partial charge in [0.2, 0.25) is 0 Å². The Morgan fingerprint density at radius 1 is 1.08 bits per heavy atom. The Labute approximate surface area is 227 Å². The molecular formula is C27H24IN3O6. The van der Waals surface area contributed by atoms with Crippen LogP contribution >= 0.6 is 22.6 Å². The van der Waals surface area contributed by atoms with Crippen molar-refractivity contribution in [2.75, 3.05) is 5.32 Å². The third-order valence-corrected chi connectivity index (χ3v) is 5.83. The van der Waals surface area contributed by atoms with Crippen molar-refractivity contribution in [2.45, 2.75) is 25.0 Å². The first kappa shape index (κ1) is 27.5. The lowest BCUT2D eigenvalue weighted by atomic mass is 9.99. The number of phenols is 1. The van der Waals surface area contributed by atoms with Crippen molar-refractivity contribution in [2.24, 2.45) is 0 Å². The van der Waals surface area contributed by atoms with E-state index in [1.54, 1.807) is 66.7 Å². The lowest BCUT2D eigenvalue weighted by Crippen LogP contribution is -2.31. The fourth-order valence-corrected chi connectivity index (χ4v) is 3.93. The number of aromatic hydroxyl groups is 1. The van der Waals surface area contributed by atoms with Crippen molar-refractivity contribution in [3.05, 3.63) is 99.6 Å². The quantitative estimate of drug-likeness (QED) is 0.103. The van der Waals surface area contributed by atoms with Gasteiger partial charge < -0.3 is 14.6 Å². The Hall–Kier alpha value is -4.08. The first-order valence-corrected chi connectivity index (χ1v) is 12.3. The zero-order chi connectivity index (χ0) is 26.6. The fourth-order valence-electron chi connectivity index (χ4n) is 3.42. The topological polar surface area (TPSA) is 141 Å². The maximum atomic E-state index is 12.9. The average Bonchev–Trinajstić information content (AvgIpc) is 2.91. The maximum absolute atomic E-state index is 12.9. The number of hydroxylamine groups is 1. The summed E-state index contributed by atoms with van der Waals surface area (Å²) in [7, 11) is 0. The molecule has 0 aromatic heterocycles. The lowest BCUT2D eigenvalue weighted by Gasteiger charge is -2.28. The van der Waals surface area contributed by atoms with Gasteiger partial charge in [-0.25, -0.2) is 10.3 Å². The fraction of sp³-hybridized carbons (Fsp3) is 0.148. The molecule has 0 saturated heterocycles. The molecule has 0 radical (unpaired) electrons. The van der Waals surface area contributed by atoms with Crippen LogP contribution in [0.15, 0.2) is 84.9 Å². The number of anilines is 1. The standard InChI is InChI=1S/C27H24IN3O6/c28-19-12-15-23(32)22(16-19)26(37-27(34)30-20-13-10-18(17-29)11-14-20)24(8-4-5-9-25(33)31-35)36-21-6-2-1-3-7-21/h1-3,5-7,9-16,24,26,32,35H,4,8H2,(H,30,34)(H,31,33)/b9-5+/t24-,26-/m0/s1. The molecule has 0 saturated carbocycles. The normalized spacial score (nSPS) is 12.2. The minimum atomic E-state index is -1.03. The molecule has 0 spiro atoms. The van der Waals surface area contributed by atoms with Gasteiger partial charge in [0.15, 0.2) is 6.10 Å². The summed E-state index contributed by atoms with van der Waals surface area (Å²) in [6.07, 6.45) is 0.778. The molecule has 3 rings (SSSR count). The first-order valence-electron chi connectivity index (χ1n) is 11.2. The summed E-state index contributed by atoms with van der Waals surface area (Å²) in [5.74, 6) is -0.227. The molecule has 0 aliphatic rings. The average molecular weight is 613 g/mol. The second kappa shape index (κ2) is 13.9. The summed E-state index contributed by atoms with van der Waals surface area (Å²) in [5, 5.41) is 31.0. The number of phenolic OH excluding ortho intramolecular Hbond substituents is 1. The van der Waals surface area contributed by atoms with Gasteiger partial charge in [0.05, 0.1) is 11.6 Å². The van der Waals surface area contributed by atoms with Gasteiger partial charge in [-0.05, 0) is 90.0 Å². The third kappa shape index (κ3) is 8.52. The van der Waals surface area contributed by atoms with Crippen LogP contribution in [0.3, 0.4) is 0 Å². The van der Waals surface area contributed by atoms with Crippen LogP contribution in [-0.4, -0.2) is 28.4 Å². The molecule has 37 heavy (non-hydrogen) atoms. The van der Waals surface area contributed by atoms with Crippen LogP contribution in [0.1, 0.15) is 30.1 Å². The minimum absolute atomic E-state index is 0.0755. The molecule has 2 atom stereocenters. The van der Waals surface area contributed by atoms with E-state index in [0.29, 0.717) is 35.4 Å². The van der Waals surface area contributed by atoms with Gasteiger partial charge in [-0.1, -0.05) is 24.3 Å². The molecule has 4 N–H and O–H groups in total. The number of amides is 2. The van der Waals surface area contributed by atoms with E-state index in [1.165, 1.54) is 17.6 Å². The summed E-state index contributed by atoms with van der Waals surface area (Å²) in [5.41, 5.74) is 2.74. The Morgan fingerprint density at radius 2 is 1.81 bits per heavy atom. The molecule has 0 fully saturated rings. The number of benzene rings is 3. The monoisotopic (exact) mass is 613 g/mol. The Bertz CT molecular complexity index is 1280. The molecule has 3 aromatic carbocycles. The van der Waals surface area contributed by atoms with Crippen LogP contribution in [0.2, 0.25) is 0 Å². The number of halogens is 1. The van der Waals surface area contributed by atoms with E-state index in [9.17, 15) is 14.7 Å². The Balaban J connectivity index is 1.91. The second-order valence-electron chi connectivity index (χ2n) is 7.77. The third-order valence-electron chi connectivity index (χ3n) is 5.16. The number of allylic oxidation sites excluding steroid dienone is 1. The van der Waals surface area contributed by atoms with E-state index in [-0.39, 0.29) is 5.75 Å². The van der Waals surface area contributed by atoms with Gasteiger partial charge in [-0.15, -0.1) is 0 Å². The SMILES string of the molecule is N#Cc1ccc(NC(=O)O[C@@H](c2cc(I)ccc2O)[C@H](CC/C=C/C(=O)NO)Oc2ccccc2)cc1. The van der Waals surface area contributed by atoms with E-state index in [1.807, 2.05) is 12.1 Å². The zero-order valence-electron chi connectivity index (χ0n) is 19.5. The molecule has 190 valence electrons. The van der Waals surface area contributed by atoms with Crippen LogP contribution in [0.25, 0.3) is 0 Å². The van der Waals surface area contributed by atoms with Crippen molar-refractivity contribution in [1.82, 2.24) is 5.48 Å². The highest BCUT2D eigenvalue weighted by Crippen LogP contribution is 2.35. The van der Waals surface area contributed by atoms with Crippen molar-refractivity contribution in [1.29, 1.82) is 5.26 Å². The number of carbonyl (C=O) groups excluding carboxylic acids is 2. The molecule has 10 heteroatoms. The smallest absolute Gasteiger partial charge is 0.412 e.